The highest BCUT2D eigenvalue weighted by Gasteiger charge is 2.22. The van der Waals surface area contributed by atoms with Crippen molar-refractivity contribution in [2.45, 2.75) is 25.9 Å². The lowest BCUT2D eigenvalue weighted by Crippen LogP contribution is -2.45. The van der Waals surface area contributed by atoms with E-state index in [4.69, 9.17) is 4.74 Å². The minimum absolute atomic E-state index is 0.104. The van der Waals surface area contributed by atoms with Crippen LogP contribution in [0.15, 0.2) is 41.8 Å². The van der Waals surface area contributed by atoms with Gasteiger partial charge in [-0.15, -0.1) is 11.3 Å². The summed E-state index contributed by atoms with van der Waals surface area (Å²) in [5.74, 6) is 0.130. The zero-order chi connectivity index (χ0) is 16.1. The van der Waals surface area contributed by atoms with E-state index < -0.39 is 0 Å². The Morgan fingerprint density at radius 2 is 2.17 bits per heavy atom. The van der Waals surface area contributed by atoms with Gasteiger partial charge in [0.2, 0.25) is 5.91 Å². The molecular formula is C18H22N2O2S. The van der Waals surface area contributed by atoms with E-state index in [0.717, 1.165) is 18.8 Å². The molecule has 1 saturated heterocycles. The van der Waals surface area contributed by atoms with Crippen LogP contribution in [0, 0.1) is 6.92 Å². The smallest absolute Gasteiger partial charge is 0.228 e. The number of ether oxygens (including phenoxy) is 1. The van der Waals surface area contributed by atoms with Crippen LogP contribution in [-0.4, -0.2) is 31.7 Å². The molecule has 1 aromatic heterocycles. The number of hydrogen-bond donors (Lipinski definition) is 1. The number of anilines is 1. The molecule has 1 amide bonds. The Morgan fingerprint density at radius 1 is 1.35 bits per heavy atom. The fourth-order valence-corrected chi connectivity index (χ4v) is 3.37. The summed E-state index contributed by atoms with van der Waals surface area (Å²) < 4.78 is 5.46. The van der Waals surface area contributed by atoms with Gasteiger partial charge in [-0.1, -0.05) is 23.8 Å². The molecule has 0 bridgehead atoms. The van der Waals surface area contributed by atoms with Crippen LogP contribution >= 0.6 is 11.3 Å². The van der Waals surface area contributed by atoms with E-state index in [2.05, 4.69) is 18.3 Å². The largest absolute Gasteiger partial charge is 0.378 e. The van der Waals surface area contributed by atoms with E-state index >= 15 is 0 Å². The van der Waals surface area contributed by atoms with Crippen molar-refractivity contribution in [1.82, 2.24) is 5.32 Å². The van der Waals surface area contributed by atoms with E-state index in [1.807, 2.05) is 40.6 Å². The summed E-state index contributed by atoms with van der Waals surface area (Å²) >= 11 is 1.68. The lowest BCUT2D eigenvalue weighted by Gasteiger charge is -2.27. The predicted molar refractivity (Wildman–Crippen MR) is 93.9 cm³/mol. The first kappa shape index (κ1) is 16.2. The van der Waals surface area contributed by atoms with E-state index in [1.54, 1.807) is 11.3 Å². The number of carbonyl (C=O) groups excluding carboxylic acids is 1. The summed E-state index contributed by atoms with van der Waals surface area (Å²) in [6.07, 6.45) is 0.458. The number of carbonyl (C=O) groups is 1. The number of hydrogen-bond acceptors (Lipinski definition) is 4. The molecule has 5 heteroatoms. The lowest BCUT2D eigenvalue weighted by molar-refractivity contribution is -0.119. The highest BCUT2D eigenvalue weighted by Crippen LogP contribution is 2.22. The zero-order valence-corrected chi connectivity index (χ0v) is 14.1. The minimum Gasteiger partial charge on any atom is -0.378 e. The van der Waals surface area contributed by atoms with Gasteiger partial charge in [-0.25, -0.2) is 0 Å². The third-order valence-corrected chi connectivity index (χ3v) is 4.82. The molecule has 0 spiro atoms. The second kappa shape index (κ2) is 7.73. The topological polar surface area (TPSA) is 41.6 Å². The van der Waals surface area contributed by atoms with Crippen molar-refractivity contribution in [3.8, 4) is 0 Å². The number of nitrogens with one attached hydrogen (secondary N) is 1. The zero-order valence-electron chi connectivity index (χ0n) is 13.3. The third kappa shape index (κ3) is 4.41. The van der Waals surface area contributed by atoms with Crippen molar-refractivity contribution in [1.29, 1.82) is 0 Å². The third-order valence-electron chi connectivity index (χ3n) is 3.96. The summed E-state index contributed by atoms with van der Waals surface area (Å²) in [5, 5.41) is 5.40. The molecule has 1 atom stereocenters. The molecule has 122 valence electrons. The van der Waals surface area contributed by atoms with Crippen LogP contribution in [-0.2, 0) is 16.1 Å². The monoisotopic (exact) mass is 330 g/mol. The average molecular weight is 330 g/mol. The Balaban J connectivity index is 1.75. The number of morpholine rings is 1. The van der Waals surface area contributed by atoms with Gasteiger partial charge in [0.1, 0.15) is 0 Å². The van der Waals surface area contributed by atoms with Crippen molar-refractivity contribution in [2.24, 2.45) is 0 Å². The van der Waals surface area contributed by atoms with Gasteiger partial charge in [0.05, 0.1) is 19.8 Å². The van der Waals surface area contributed by atoms with Crippen LogP contribution in [0.3, 0.4) is 0 Å². The van der Waals surface area contributed by atoms with Gasteiger partial charge in [-0.2, -0.15) is 0 Å². The van der Waals surface area contributed by atoms with Gasteiger partial charge in [0.15, 0.2) is 0 Å². The standard InChI is InChI=1S/C18H22N2O2S/c1-14-4-6-16(7-5-14)20(12-17-3-2-10-23-17)18(21)11-15-13-22-9-8-19-15/h2-7,10,15,19H,8-9,11-13H2,1H3. The summed E-state index contributed by atoms with van der Waals surface area (Å²) in [4.78, 5) is 15.9. The lowest BCUT2D eigenvalue weighted by atomic mass is 10.1. The van der Waals surface area contributed by atoms with E-state index in [0.29, 0.717) is 19.6 Å². The van der Waals surface area contributed by atoms with Crippen LogP contribution in [0.4, 0.5) is 5.69 Å². The SMILES string of the molecule is Cc1ccc(N(Cc2cccs2)C(=O)CC2COCCN2)cc1. The molecule has 3 rings (SSSR count). The fraction of sp³-hybridized carbons (Fsp3) is 0.389. The van der Waals surface area contributed by atoms with Gasteiger partial charge < -0.3 is 15.0 Å². The van der Waals surface area contributed by atoms with Crippen LogP contribution in [0.25, 0.3) is 0 Å². The number of thiophene rings is 1. The molecule has 4 nitrogen and oxygen atoms in total. The fourth-order valence-electron chi connectivity index (χ4n) is 2.68. The Bertz CT molecular complexity index is 619. The van der Waals surface area contributed by atoms with Gasteiger partial charge >= 0.3 is 0 Å². The number of benzene rings is 1. The van der Waals surface area contributed by atoms with Crippen LogP contribution < -0.4 is 10.2 Å². The van der Waals surface area contributed by atoms with E-state index in [-0.39, 0.29) is 11.9 Å². The normalized spacial score (nSPS) is 17.9. The molecule has 0 radical (unpaired) electrons. The average Bonchev–Trinajstić information content (AvgIpc) is 3.08. The molecule has 2 aromatic rings. The van der Waals surface area contributed by atoms with Gasteiger partial charge in [-0.3, -0.25) is 4.79 Å². The van der Waals surface area contributed by atoms with Crippen molar-refractivity contribution in [3.63, 3.8) is 0 Å². The molecule has 1 aromatic carbocycles. The van der Waals surface area contributed by atoms with Crippen molar-refractivity contribution < 1.29 is 9.53 Å². The van der Waals surface area contributed by atoms with E-state index in [1.165, 1.54) is 10.4 Å². The Labute approximate surface area is 141 Å². The van der Waals surface area contributed by atoms with Crippen molar-refractivity contribution in [2.75, 3.05) is 24.7 Å². The van der Waals surface area contributed by atoms with Gasteiger partial charge in [0.25, 0.3) is 0 Å². The molecular weight excluding hydrogens is 308 g/mol. The molecule has 23 heavy (non-hydrogen) atoms. The van der Waals surface area contributed by atoms with Crippen LogP contribution in [0.5, 0.6) is 0 Å². The first-order valence-electron chi connectivity index (χ1n) is 7.93. The predicted octanol–water partition coefficient (Wildman–Crippen LogP) is 2.97. The molecule has 1 unspecified atom stereocenters. The van der Waals surface area contributed by atoms with Crippen LogP contribution in [0.1, 0.15) is 16.9 Å². The van der Waals surface area contributed by atoms with Crippen molar-refractivity contribution in [3.05, 3.63) is 52.2 Å². The molecule has 1 aliphatic heterocycles. The van der Waals surface area contributed by atoms with Crippen molar-refractivity contribution >= 4 is 22.9 Å². The molecule has 0 saturated carbocycles. The molecule has 0 aliphatic carbocycles. The Kier molecular flexibility index (Phi) is 5.43. The summed E-state index contributed by atoms with van der Waals surface area (Å²) in [5.41, 5.74) is 2.14. The second-order valence-electron chi connectivity index (χ2n) is 5.82. The van der Waals surface area contributed by atoms with E-state index in [9.17, 15) is 4.79 Å². The van der Waals surface area contributed by atoms with Crippen LogP contribution in [0.2, 0.25) is 0 Å². The van der Waals surface area contributed by atoms with Gasteiger partial charge in [0, 0.05) is 29.6 Å². The molecule has 1 N–H and O–H groups in total. The quantitative estimate of drug-likeness (QED) is 0.916. The summed E-state index contributed by atoms with van der Waals surface area (Å²) in [7, 11) is 0. The Morgan fingerprint density at radius 3 is 2.83 bits per heavy atom. The highest BCUT2D eigenvalue weighted by atomic mass is 32.1. The maximum absolute atomic E-state index is 12.9. The molecule has 1 fully saturated rings. The summed E-state index contributed by atoms with van der Waals surface area (Å²) in [6.45, 7) is 4.81. The van der Waals surface area contributed by atoms with Gasteiger partial charge in [-0.05, 0) is 30.5 Å². The second-order valence-corrected chi connectivity index (χ2v) is 6.86. The number of aryl methyl sites for hydroxylation is 1. The first-order chi connectivity index (χ1) is 11.2. The first-order valence-corrected chi connectivity index (χ1v) is 8.81. The number of amides is 1. The maximum atomic E-state index is 12.9. The molecule has 2 heterocycles. The highest BCUT2D eigenvalue weighted by molar-refractivity contribution is 7.09. The number of nitrogens with zero attached hydrogens (tertiary/aromatic N) is 1. The maximum Gasteiger partial charge on any atom is 0.228 e. The summed E-state index contributed by atoms with van der Waals surface area (Å²) in [6, 6.07) is 12.3. The Hall–Kier alpha value is -1.69. The molecule has 1 aliphatic rings. The number of rotatable bonds is 5. The minimum atomic E-state index is 0.104.